The van der Waals surface area contributed by atoms with E-state index in [1.165, 1.54) is 12.6 Å². The molecule has 184 valence electrons. The van der Waals surface area contributed by atoms with E-state index in [4.69, 9.17) is 9.47 Å². The number of amides is 2. The molecule has 0 unspecified atom stereocenters. The molecule has 0 saturated heterocycles. The maximum Gasteiger partial charge on any atom is 0.416 e. The second kappa shape index (κ2) is 11.5. The molecule has 1 N–H and O–H groups in total. The van der Waals surface area contributed by atoms with Crippen LogP contribution < -0.4 is 10.2 Å². The smallest absolute Gasteiger partial charge is 0.416 e. The fourth-order valence-corrected chi connectivity index (χ4v) is 3.67. The lowest BCUT2D eigenvalue weighted by atomic mass is 9.94. The van der Waals surface area contributed by atoms with Crippen molar-refractivity contribution in [3.05, 3.63) is 23.9 Å². The van der Waals surface area contributed by atoms with Crippen LogP contribution in [0.1, 0.15) is 96.8 Å². The van der Waals surface area contributed by atoms with Gasteiger partial charge in [0.2, 0.25) is 0 Å². The Morgan fingerprint density at radius 2 is 1.64 bits per heavy atom. The number of nitrogens with zero attached hydrogens (tertiary/aromatic N) is 2. The molecule has 1 aliphatic carbocycles. The molecule has 1 fully saturated rings. The number of hydrogen-bond donors (Lipinski definition) is 1. The van der Waals surface area contributed by atoms with Crippen LogP contribution in [0.4, 0.5) is 15.4 Å². The molecule has 0 spiro atoms. The van der Waals surface area contributed by atoms with Crippen molar-refractivity contribution in [2.24, 2.45) is 0 Å². The Bertz CT molecular complexity index is 803. The molecule has 0 bridgehead atoms. The molecule has 1 heterocycles. The number of aromatic nitrogens is 1. The van der Waals surface area contributed by atoms with Crippen molar-refractivity contribution in [3.8, 4) is 0 Å². The number of ether oxygens (including phenoxy) is 2. The van der Waals surface area contributed by atoms with Crippen LogP contribution in [-0.4, -0.2) is 46.7 Å². The van der Waals surface area contributed by atoms with Crippen molar-refractivity contribution < 1.29 is 23.9 Å². The Labute approximate surface area is 197 Å². The number of anilines is 1. The Balaban J connectivity index is 1.97. The Kier molecular flexibility index (Phi) is 9.25. The first-order valence-corrected chi connectivity index (χ1v) is 11.8. The number of carbonyl (C=O) groups is 3. The molecule has 2 rings (SSSR count). The fraction of sp³-hybridized carbons (Fsp3) is 0.680. The predicted molar refractivity (Wildman–Crippen MR) is 128 cm³/mol. The molecule has 0 radical (unpaired) electrons. The molecule has 8 nitrogen and oxygen atoms in total. The first-order chi connectivity index (χ1) is 15.4. The molecular formula is C25H39N3O5. The number of pyridine rings is 1. The summed E-state index contributed by atoms with van der Waals surface area (Å²) in [6.07, 6.45) is 6.50. The molecule has 1 aliphatic rings. The van der Waals surface area contributed by atoms with Gasteiger partial charge in [-0.25, -0.2) is 14.6 Å². The van der Waals surface area contributed by atoms with Crippen molar-refractivity contribution >= 4 is 23.8 Å². The SMILES string of the molecule is CC(C)(C)OC(=O)NCCCC(=O)c1ccc(N(C(=O)OC(C)(C)C)C2CCCCC2)nc1. The summed E-state index contributed by atoms with van der Waals surface area (Å²) in [5, 5.41) is 2.65. The molecule has 1 aromatic heterocycles. The van der Waals surface area contributed by atoms with Crippen LogP contribution >= 0.6 is 0 Å². The van der Waals surface area contributed by atoms with Crippen LogP contribution in [0.5, 0.6) is 0 Å². The van der Waals surface area contributed by atoms with Gasteiger partial charge in [0.25, 0.3) is 0 Å². The van der Waals surface area contributed by atoms with E-state index >= 15 is 0 Å². The van der Waals surface area contributed by atoms with Gasteiger partial charge < -0.3 is 14.8 Å². The topological polar surface area (TPSA) is 97.8 Å². The van der Waals surface area contributed by atoms with Gasteiger partial charge in [0.1, 0.15) is 17.0 Å². The highest BCUT2D eigenvalue weighted by atomic mass is 16.6. The van der Waals surface area contributed by atoms with Gasteiger partial charge in [-0.15, -0.1) is 0 Å². The Morgan fingerprint density at radius 3 is 2.18 bits per heavy atom. The molecule has 1 saturated carbocycles. The van der Waals surface area contributed by atoms with Gasteiger partial charge in [-0.05, 0) is 72.9 Å². The van der Waals surface area contributed by atoms with E-state index in [0.29, 0.717) is 24.3 Å². The summed E-state index contributed by atoms with van der Waals surface area (Å²) in [6.45, 7) is 11.3. The number of hydrogen-bond acceptors (Lipinski definition) is 6. The van der Waals surface area contributed by atoms with Gasteiger partial charge in [0.05, 0.1) is 0 Å². The zero-order valence-electron chi connectivity index (χ0n) is 20.9. The van der Waals surface area contributed by atoms with Crippen molar-refractivity contribution in [3.63, 3.8) is 0 Å². The third kappa shape index (κ3) is 9.40. The molecule has 0 atom stereocenters. The summed E-state index contributed by atoms with van der Waals surface area (Å²) in [6, 6.07) is 3.46. The Morgan fingerprint density at radius 1 is 1.00 bits per heavy atom. The minimum atomic E-state index is -0.604. The lowest BCUT2D eigenvalue weighted by Gasteiger charge is -2.34. The standard InChI is InChI=1S/C25H39N3O5/c1-24(2,3)32-22(30)26-16-10-13-20(29)18-14-15-21(27-17-18)28(19-11-8-7-9-12-19)23(31)33-25(4,5)6/h14-15,17,19H,7-13,16H2,1-6H3,(H,26,30). The molecule has 8 heteroatoms. The van der Waals surface area contributed by atoms with Crippen molar-refractivity contribution in [1.82, 2.24) is 10.3 Å². The summed E-state index contributed by atoms with van der Waals surface area (Å²) in [4.78, 5) is 43.2. The normalized spacial score (nSPS) is 15.0. The average molecular weight is 462 g/mol. The third-order valence-corrected chi connectivity index (χ3v) is 5.10. The summed E-state index contributed by atoms with van der Waals surface area (Å²) in [7, 11) is 0. The van der Waals surface area contributed by atoms with Gasteiger partial charge in [0, 0.05) is 30.8 Å². The van der Waals surface area contributed by atoms with E-state index in [-0.39, 0.29) is 18.2 Å². The molecular weight excluding hydrogens is 422 g/mol. The van der Waals surface area contributed by atoms with E-state index in [2.05, 4.69) is 10.3 Å². The molecule has 2 amide bonds. The van der Waals surface area contributed by atoms with Crippen LogP contribution in [0.25, 0.3) is 0 Å². The van der Waals surface area contributed by atoms with E-state index in [0.717, 1.165) is 25.7 Å². The second-order valence-electron chi connectivity index (χ2n) is 10.5. The number of carbonyl (C=O) groups excluding carboxylic acids is 3. The number of Topliss-reactive ketones (excluding diaryl/α,β-unsaturated/α-hetero) is 1. The van der Waals surface area contributed by atoms with E-state index in [9.17, 15) is 14.4 Å². The number of ketones is 1. The zero-order valence-corrected chi connectivity index (χ0v) is 20.9. The van der Waals surface area contributed by atoms with Crippen molar-refractivity contribution in [2.45, 2.75) is 104 Å². The maximum absolute atomic E-state index is 12.9. The van der Waals surface area contributed by atoms with Crippen molar-refractivity contribution in [2.75, 3.05) is 11.4 Å². The number of rotatable bonds is 7. The number of alkyl carbamates (subject to hydrolysis) is 1. The highest BCUT2D eigenvalue weighted by Crippen LogP contribution is 2.28. The van der Waals surface area contributed by atoms with Crippen LogP contribution in [0.3, 0.4) is 0 Å². The number of nitrogens with one attached hydrogen (secondary N) is 1. The molecule has 33 heavy (non-hydrogen) atoms. The van der Waals surface area contributed by atoms with Crippen LogP contribution in [0.2, 0.25) is 0 Å². The average Bonchev–Trinajstić information content (AvgIpc) is 2.70. The van der Waals surface area contributed by atoms with Crippen molar-refractivity contribution in [1.29, 1.82) is 0 Å². The second-order valence-corrected chi connectivity index (χ2v) is 10.5. The van der Waals surface area contributed by atoms with Gasteiger partial charge in [-0.2, -0.15) is 0 Å². The molecule has 0 aromatic carbocycles. The van der Waals surface area contributed by atoms with Crippen LogP contribution in [-0.2, 0) is 9.47 Å². The zero-order chi connectivity index (χ0) is 24.6. The van der Waals surface area contributed by atoms with E-state index in [1.807, 2.05) is 20.8 Å². The quantitative estimate of drug-likeness (QED) is 0.417. The van der Waals surface area contributed by atoms with Gasteiger partial charge in [0.15, 0.2) is 5.78 Å². The highest BCUT2D eigenvalue weighted by Gasteiger charge is 2.31. The van der Waals surface area contributed by atoms with Gasteiger partial charge in [-0.3, -0.25) is 9.69 Å². The summed E-state index contributed by atoms with van der Waals surface area (Å²) in [5.41, 5.74) is -0.686. The van der Waals surface area contributed by atoms with Crippen LogP contribution in [0, 0.1) is 0 Å². The minimum Gasteiger partial charge on any atom is -0.444 e. The first kappa shape index (κ1) is 26.6. The van der Waals surface area contributed by atoms with E-state index < -0.39 is 23.4 Å². The first-order valence-electron chi connectivity index (χ1n) is 11.8. The van der Waals surface area contributed by atoms with Crippen LogP contribution in [0.15, 0.2) is 18.3 Å². The van der Waals surface area contributed by atoms with Gasteiger partial charge in [-0.1, -0.05) is 19.3 Å². The maximum atomic E-state index is 12.9. The molecule has 0 aliphatic heterocycles. The predicted octanol–water partition coefficient (Wildman–Crippen LogP) is 5.64. The highest BCUT2D eigenvalue weighted by molar-refractivity contribution is 5.96. The monoisotopic (exact) mass is 461 g/mol. The van der Waals surface area contributed by atoms with E-state index in [1.54, 1.807) is 37.8 Å². The summed E-state index contributed by atoms with van der Waals surface area (Å²) >= 11 is 0. The summed E-state index contributed by atoms with van der Waals surface area (Å²) < 4.78 is 10.8. The Hall–Kier alpha value is -2.64. The lowest BCUT2D eigenvalue weighted by molar-refractivity contribution is 0.0522. The summed E-state index contributed by atoms with van der Waals surface area (Å²) in [5.74, 6) is 0.431. The minimum absolute atomic E-state index is 0.0431. The lowest BCUT2D eigenvalue weighted by Crippen LogP contribution is -2.45. The third-order valence-electron chi connectivity index (χ3n) is 5.10. The fourth-order valence-electron chi connectivity index (χ4n) is 3.67. The largest absolute Gasteiger partial charge is 0.444 e. The van der Waals surface area contributed by atoms with Gasteiger partial charge >= 0.3 is 12.2 Å². The molecule has 1 aromatic rings.